The van der Waals surface area contributed by atoms with Gasteiger partial charge in [0.2, 0.25) is 0 Å². The van der Waals surface area contributed by atoms with Gasteiger partial charge < -0.3 is 23.8 Å². The van der Waals surface area contributed by atoms with Gasteiger partial charge in [-0.2, -0.15) is 0 Å². The Morgan fingerprint density at radius 2 is 1.74 bits per heavy atom. The van der Waals surface area contributed by atoms with Crippen LogP contribution >= 0.6 is 0 Å². The molecule has 3 heterocycles. The summed E-state index contributed by atoms with van der Waals surface area (Å²) < 4.78 is 17.6. The van der Waals surface area contributed by atoms with Crippen LogP contribution in [0.2, 0.25) is 0 Å². The number of rotatable bonds is 2. The van der Waals surface area contributed by atoms with E-state index in [0.29, 0.717) is 30.7 Å². The average Bonchev–Trinajstić information content (AvgIpc) is 2.87. The van der Waals surface area contributed by atoms with Crippen molar-refractivity contribution >= 4 is 24.6 Å². The second kappa shape index (κ2) is 8.09. The Balaban J connectivity index is 1.68. The van der Waals surface area contributed by atoms with E-state index in [1.165, 1.54) is 0 Å². The summed E-state index contributed by atoms with van der Waals surface area (Å²) in [6, 6.07) is 1.63. The minimum absolute atomic E-state index is 0.124. The van der Waals surface area contributed by atoms with E-state index in [-0.39, 0.29) is 18.0 Å². The zero-order chi connectivity index (χ0) is 23.2. The Kier molecular flexibility index (Phi) is 6.14. The van der Waals surface area contributed by atoms with Gasteiger partial charge in [0, 0.05) is 43.5 Å². The molecule has 9 heteroatoms. The van der Waals surface area contributed by atoms with Crippen molar-refractivity contribution in [1.82, 2.24) is 14.8 Å². The molecule has 0 N–H and O–H groups in total. The number of carbonyl (C=O) groups excluding carboxylic acids is 2. The van der Waals surface area contributed by atoms with Crippen LogP contribution in [0.25, 0.3) is 0 Å². The molecule has 0 aliphatic carbocycles. The van der Waals surface area contributed by atoms with E-state index in [0.717, 1.165) is 0 Å². The molecule has 3 rings (SSSR count). The van der Waals surface area contributed by atoms with Crippen LogP contribution in [0.4, 0.5) is 4.79 Å². The first kappa shape index (κ1) is 23.5. The first-order chi connectivity index (χ1) is 14.2. The van der Waals surface area contributed by atoms with Crippen molar-refractivity contribution in [3.05, 3.63) is 24.0 Å². The highest BCUT2D eigenvalue weighted by Crippen LogP contribution is 2.36. The molecule has 2 aliphatic heterocycles. The van der Waals surface area contributed by atoms with Crippen LogP contribution in [0.5, 0.6) is 0 Å². The molecule has 0 radical (unpaired) electrons. The molecule has 0 aromatic carbocycles. The lowest BCUT2D eigenvalue weighted by atomic mass is 9.79. The van der Waals surface area contributed by atoms with E-state index in [2.05, 4.69) is 4.98 Å². The fraction of sp³-hybridized carbons (Fsp3) is 0.682. The highest BCUT2D eigenvalue weighted by atomic mass is 16.7. The number of hydrogen-bond acceptors (Lipinski definition) is 6. The van der Waals surface area contributed by atoms with Gasteiger partial charge in [0.1, 0.15) is 5.60 Å². The van der Waals surface area contributed by atoms with E-state index in [4.69, 9.17) is 14.0 Å². The second-order valence-electron chi connectivity index (χ2n) is 10.4. The summed E-state index contributed by atoms with van der Waals surface area (Å²) in [5, 5.41) is 0. The predicted octanol–water partition coefficient (Wildman–Crippen LogP) is 2.46. The number of hydrogen-bond donors (Lipinski definition) is 0. The van der Waals surface area contributed by atoms with Gasteiger partial charge in [-0.25, -0.2) is 4.79 Å². The molecule has 1 aromatic rings. The fourth-order valence-corrected chi connectivity index (χ4v) is 3.60. The third kappa shape index (κ3) is 5.04. The number of nitrogens with zero attached hydrogens (tertiary/aromatic N) is 3. The lowest BCUT2D eigenvalue weighted by Crippen LogP contribution is -2.56. The van der Waals surface area contributed by atoms with Gasteiger partial charge in [-0.1, -0.05) is 0 Å². The molecule has 1 atom stereocenters. The molecule has 170 valence electrons. The third-order valence-electron chi connectivity index (χ3n) is 6.07. The molecule has 0 bridgehead atoms. The van der Waals surface area contributed by atoms with Gasteiger partial charge in [0.15, 0.2) is 0 Å². The molecule has 2 aliphatic rings. The van der Waals surface area contributed by atoms with Crippen molar-refractivity contribution < 1.29 is 23.6 Å². The molecular formula is C22H34BN3O5. The van der Waals surface area contributed by atoms with Gasteiger partial charge in [-0.15, -0.1) is 0 Å². The molecule has 2 saturated heterocycles. The topological polar surface area (TPSA) is 81.2 Å². The Labute approximate surface area is 185 Å². The van der Waals surface area contributed by atoms with Crippen LogP contribution in [-0.4, -0.2) is 76.4 Å². The average molecular weight is 431 g/mol. The van der Waals surface area contributed by atoms with E-state index in [9.17, 15) is 9.59 Å². The van der Waals surface area contributed by atoms with Crippen molar-refractivity contribution in [2.45, 2.75) is 78.2 Å². The van der Waals surface area contributed by atoms with Crippen LogP contribution in [0.15, 0.2) is 18.5 Å². The summed E-state index contributed by atoms with van der Waals surface area (Å²) >= 11 is 0. The van der Waals surface area contributed by atoms with Crippen LogP contribution in [-0.2, 0) is 14.0 Å². The number of amides is 2. The van der Waals surface area contributed by atoms with Gasteiger partial charge in [-0.3, -0.25) is 9.78 Å². The predicted molar refractivity (Wildman–Crippen MR) is 118 cm³/mol. The maximum atomic E-state index is 13.1. The summed E-state index contributed by atoms with van der Waals surface area (Å²) in [4.78, 5) is 33.2. The van der Waals surface area contributed by atoms with E-state index < -0.39 is 23.9 Å². The maximum absolute atomic E-state index is 13.1. The number of pyridine rings is 1. The Bertz CT molecular complexity index is 836. The van der Waals surface area contributed by atoms with E-state index in [1.807, 2.05) is 55.4 Å². The van der Waals surface area contributed by atoms with Crippen molar-refractivity contribution in [3.8, 4) is 0 Å². The smallest absolute Gasteiger partial charge is 0.444 e. The monoisotopic (exact) mass is 431 g/mol. The highest BCUT2D eigenvalue weighted by Gasteiger charge is 2.52. The summed E-state index contributed by atoms with van der Waals surface area (Å²) in [6.45, 7) is 16.7. The lowest BCUT2D eigenvalue weighted by molar-refractivity contribution is 0.00197. The quantitative estimate of drug-likeness (QED) is 0.670. The van der Waals surface area contributed by atoms with E-state index >= 15 is 0 Å². The molecule has 0 saturated carbocycles. The standard InChI is InChI=1S/C22H34BN3O5/c1-15-14-25(9-10-26(15)19(28)29-20(2,3)4)18(27)16-11-17(13-24-12-16)23-30-21(5,6)22(7,8)31-23/h11-13,15H,9-10,14H2,1-8H3/t15-/m1/s1. The zero-order valence-electron chi connectivity index (χ0n) is 19.9. The van der Waals surface area contributed by atoms with E-state index in [1.54, 1.807) is 28.3 Å². The minimum Gasteiger partial charge on any atom is -0.444 e. The lowest BCUT2D eigenvalue weighted by Gasteiger charge is -2.40. The summed E-state index contributed by atoms with van der Waals surface area (Å²) in [5.74, 6) is -0.124. The number of piperazine rings is 1. The number of ether oxygens (including phenoxy) is 1. The van der Waals surface area contributed by atoms with Crippen LogP contribution in [0.3, 0.4) is 0 Å². The number of aromatic nitrogens is 1. The van der Waals surface area contributed by atoms with Crippen molar-refractivity contribution in [2.75, 3.05) is 19.6 Å². The van der Waals surface area contributed by atoms with Crippen molar-refractivity contribution in [2.24, 2.45) is 0 Å². The molecule has 0 unspecified atom stereocenters. The SMILES string of the molecule is C[C@@H]1CN(C(=O)c2cncc(B3OC(C)(C)C(C)(C)O3)c2)CCN1C(=O)OC(C)(C)C. The molecule has 31 heavy (non-hydrogen) atoms. The Morgan fingerprint density at radius 3 is 2.29 bits per heavy atom. The fourth-order valence-electron chi connectivity index (χ4n) is 3.60. The third-order valence-corrected chi connectivity index (χ3v) is 6.07. The zero-order valence-corrected chi connectivity index (χ0v) is 19.9. The van der Waals surface area contributed by atoms with Crippen molar-refractivity contribution in [3.63, 3.8) is 0 Å². The normalized spacial score (nSPS) is 23.1. The minimum atomic E-state index is -0.576. The Morgan fingerprint density at radius 1 is 1.13 bits per heavy atom. The van der Waals surface area contributed by atoms with Crippen LogP contribution in [0.1, 0.15) is 65.7 Å². The van der Waals surface area contributed by atoms with Crippen molar-refractivity contribution in [1.29, 1.82) is 0 Å². The molecule has 8 nitrogen and oxygen atoms in total. The highest BCUT2D eigenvalue weighted by molar-refractivity contribution is 6.62. The summed E-state index contributed by atoms with van der Waals surface area (Å²) in [5.41, 5.74) is -0.297. The first-order valence-corrected chi connectivity index (χ1v) is 10.8. The summed E-state index contributed by atoms with van der Waals surface area (Å²) in [6.07, 6.45) is 2.88. The molecule has 2 amide bonds. The largest absolute Gasteiger partial charge is 0.496 e. The maximum Gasteiger partial charge on any atom is 0.496 e. The molecule has 2 fully saturated rings. The van der Waals surface area contributed by atoms with Crippen LogP contribution in [0, 0.1) is 0 Å². The van der Waals surface area contributed by atoms with Gasteiger partial charge in [0.05, 0.1) is 16.8 Å². The van der Waals surface area contributed by atoms with Gasteiger partial charge in [-0.05, 0) is 61.5 Å². The second-order valence-corrected chi connectivity index (χ2v) is 10.4. The molecule has 1 aromatic heterocycles. The Hall–Kier alpha value is -2.13. The van der Waals surface area contributed by atoms with Gasteiger partial charge in [0.25, 0.3) is 5.91 Å². The molecular weight excluding hydrogens is 397 g/mol. The van der Waals surface area contributed by atoms with Gasteiger partial charge >= 0.3 is 13.2 Å². The first-order valence-electron chi connectivity index (χ1n) is 10.8. The van der Waals surface area contributed by atoms with Crippen LogP contribution < -0.4 is 5.46 Å². The molecule has 0 spiro atoms. The number of carbonyl (C=O) groups is 2. The summed E-state index contributed by atoms with van der Waals surface area (Å²) in [7, 11) is -0.576.